The molecule has 0 radical (unpaired) electrons. The van der Waals surface area contributed by atoms with Crippen molar-refractivity contribution in [3.63, 3.8) is 0 Å². The van der Waals surface area contributed by atoms with Crippen molar-refractivity contribution in [1.29, 1.82) is 0 Å². The summed E-state index contributed by atoms with van der Waals surface area (Å²) in [4.78, 5) is 13.8. The summed E-state index contributed by atoms with van der Waals surface area (Å²) in [7, 11) is 3.48. The first-order valence-corrected chi connectivity index (χ1v) is 7.79. The standard InChI is InChI=1S/C16H31NO4/c1-15(2,3)21-14(18)17(4)12-16(8-6-7-9-16)13-20-11-10-19-5/h6-13H2,1-5H3. The van der Waals surface area contributed by atoms with E-state index in [1.165, 1.54) is 12.8 Å². The molecule has 124 valence electrons. The summed E-state index contributed by atoms with van der Waals surface area (Å²) >= 11 is 0. The Morgan fingerprint density at radius 3 is 2.33 bits per heavy atom. The van der Waals surface area contributed by atoms with Crippen molar-refractivity contribution >= 4 is 6.09 Å². The molecule has 0 unspecified atom stereocenters. The third-order valence-electron chi connectivity index (χ3n) is 3.78. The fourth-order valence-electron chi connectivity index (χ4n) is 2.81. The minimum absolute atomic E-state index is 0.0688. The molecule has 0 heterocycles. The Kier molecular flexibility index (Phi) is 6.94. The Balaban J connectivity index is 2.51. The number of carbonyl (C=O) groups is 1. The lowest BCUT2D eigenvalue weighted by molar-refractivity contribution is -0.00778. The molecule has 0 saturated heterocycles. The number of carbonyl (C=O) groups excluding carboxylic acids is 1. The summed E-state index contributed by atoms with van der Waals surface area (Å²) in [5, 5.41) is 0. The van der Waals surface area contributed by atoms with E-state index in [9.17, 15) is 4.79 Å². The van der Waals surface area contributed by atoms with Gasteiger partial charge in [0.15, 0.2) is 0 Å². The maximum atomic E-state index is 12.1. The SMILES string of the molecule is COCCOCC1(CN(C)C(=O)OC(C)(C)C)CCCC1. The number of hydrogen-bond donors (Lipinski definition) is 0. The van der Waals surface area contributed by atoms with Gasteiger partial charge in [0.05, 0.1) is 19.8 Å². The van der Waals surface area contributed by atoms with Crippen molar-refractivity contribution in [1.82, 2.24) is 4.90 Å². The van der Waals surface area contributed by atoms with Crippen LogP contribution in [-0.2, 0) is 14.2 Å². The molecule has 0 N–H and O–H groups in total. The molecule has 5 nitrogen and oxygen atoms in total. The summed E-state index contributed by atoms with van der Waals surface area (Å²) in [6.45, 7) is 8.25. The van der Waals surface area contributed by atoms with Crippen LogP contribution in [0.25, 0.3) is 0 Å². The van der Waals surface area contributed by atoms with Crippen LogP contribution in [0.3, 0.4) is 0 Å². The minimum atomic E-state index is -0.455. The normalized spacial score (nSPS) is 17.8. The van der Waals surface area contributed by atoms with E-state index in [1.807, 2.05) is 27.8 Å². The molecule has 1 fully saturated rings. The van der Waals surface area contributed by atoms with Gasteiger partial charge in [-0.15, -0.1) is 0 Å². The van der Waals surface area contributed by atoms with Crippen molar-refractivity contribution in [3.8, 4) is 0 Å². The van der Waals surface area contributed by atoms with E-state index in [0.717, 1.165) is 12.8 Å². The molecule has 0 aromatic rings. The Labute approximate surface area is 128 Å². The largest absolute Gasteiger partial charge is 0.444 e. The molecule has 5 heteroatoms. The van der Waals surface area contributed by atoms with Gasteiger partial charge < -0.3 is 19.1 Å². The van der Waals surface area contributed by atoms with Crippen molar-refractivity contribution in [2.75, 3.05) is 40.5 Å². The first-order valence-electron chi connectivity index (χ1n) is 7.79. The summed E-state index contributed by atoms with van der Waals surface area (Å²) in [6.07, 6.45) is 4.36. The van der Waals surface area contributed by atoms with E-state index in [1.54, 1.807) is 12.0 Å². The third kappa shape index (κ3) is 6.66. The molecule has 0 aliphatic heterocycles. The predicted molar refractivity (Wildman–Crippen MR) is 82.5 cm³/mol. The van der Waals surface area contributed by atoms with Crippen molar-refractivity contribution in [2.24, 2.45) is 5.41 Å². The van der Waals surface area contributed by atoms with E-state index in [2.05, 4.69) is 0 Å². The number of rotatable bonds is 7. The van der Waals surface area contributed by atoms with Gasteiger partial charge in [0.2, 0.25) is 0 Å². The van der Waals surface area contributed by atoms with Crippen LogP contribution < -0.4 is 0 Å². The van der Waals surface area contributed by atoms with Crippen LogP contribution in [0.5, 0.6) is 0 Å². The highest BCUT2D eigenvalue weighted by atomic mass is 16.6. The molecule has 0 aromatic heterocycles. The van der Waals surface area contributed by atoms with Gasteiger partial charge in [-0.3, -0.25) is 0 Å². The predicted octanol–water partition coefficient (Wildman–Crippen LogP) is 3.08. The maximum Gasteiger partial charge on any atom is 0.410 e. The fraction of sp³-hybridized carbons (Fsp3) is 0.938. The molecule has 1 amide bonds. The minimum Gasteiger partial charge on any atom is -0.444 e. The molecule has 1 aliphatic rings. The average molecular weight is 301 g/mol. The number of methoxy groups -OCH3 is 1. The van der Waals surface area contributed by atoms with Gasteiger partial charge in [-0.1, -0.05) is 12.8 Å². The lowest BCUT2D eigenvalue weighted by Gasteiger charge is -2.34. The van der Waals surface area contributed by atoms with E-state index >= 15 is 0 Å². The highest BCUT2D eigenvalue weighted by Crippen LogP contribution is 2.39. The number of hydrogen-bond acceptors (Lipinski definition) is 4. The molecule has 1 aliphatic carbocycles. The highest BCUT2D eigenvalue weighted by molar-refractivity contribution is 5.67. The molecule has 1 saturated carbocycles. The van der Waals surface area contributed by atoms with Crippen LogP contribution in [0.2, 0.25) is 0 Å². The third-order valence-corrected chi connectivity index (χ3v) is 3.78. The van der Waals surface area contributed by atoms with Crippen LogP contribution in [0, 0.1) is 5.41 Å². The highest BCUT2D eigenvalue weighted by Gasteiger charge is 2.37. The Bertz CT molecular complexity index is 319. The topological polar surface area (TPSA) is 48.0 Å². The van der Waals surface area contributed by atoms with Crippen molar-refractivity contribution in [2.45, 2.75) is 52.1 Å². The van der Waals surface area contributed by atoms with Gasteiger partial charge in [-0.25, -0.2) is 4.79 Å². The first kappa shape index (κ1) is 18.2. The average Bonchev–Trinajstić information content (AvgIpc) is 2.81. The second-order valence-corrected chi connectivity index (χ2v) is 7.09. The van der Waals surface area contributed by atoms with Crippen molar-refractivity contribution in [3.05, 3.63) is 0 Å². The van der Waals surface area contributed by atoms with Crippen LogP contribution >= 0.6 is 0 Å². The second kappa shape index (κ2) is 7.99. The van der Waals surface area contributed by atoms with E-state index in [0.29, 0.717) is 26.4 Å². The van der Waals surface area contributed by atoms with Gasteiger partial charge in [0.1, 0.15) is 5.60 Å². The number of ether oxygens (including phenoxy) is 3. The molecule has 0 spiro atoms. The zero-order valence-corrected chi connectivity index (χ0v) is 14.2. The quantitative estimate of drug-likeness (QED) is 0.678. The molecule has 0 atom stereocenters. The number of amides is 1. The lowest BCUT2D eigenvalue weighted by Crippen LogP contribution is -2.42. The van der Waals surface area contributed by atoms with E-state index in [-0.39, 0.29) is 11.5 Å². The maximum absolute atomic E-state index is 12.1. The molecular weight excluding hydrogens is 270 g/mol. The second-order valence-electron chi connectivity index (χ2n) is 7.09. The molecular formula is C16H31NO4. The van der Waals surface area contributed by atoms with Gasteiger partial charge in [-0.05, 0) is 33.6 Å². The fourth-order valence-corrected chi connectivity index (χ4v) is 2.81. The van der Waals surface area contributed by atoms with Crippen LogP contribution in [0.4, 0.5) is 4.79 Å². The van der Waals surface area contributed by atoms with Gasteiger partial charge in [0, 0.05) is 26.1 Å². The molecule has 0 aromatic carbocycles. The monoisotopic (exact) mass is 301 g/mol. The molecule has 21 heavy (non-hydrogen) atoms. The van der Waals surface area contributed by atoms with Gasteiger partial charge >= 0.3 is 6.09 Å². The van der Waals surface area contributed by atoms with Gasteiger partial charge in [-0.2, -0.15) is 0 Å². The van der Waals surface area contributed by atoms with Gasteiger partial charge in [0.25, 0.3) is 0 Å². The van der Waals surface area contributed by atoms with Crippen molar-refractivity contribution < 1.29 is 19.0 Å². The van der Waals surface area contributed by atoms with Crippen LogP contribution in [0.1, 0.15) is 46.5 Å². The molecule has 1 rings (SSSR count). The Hall–Kier alpha value is -0.810. The smallest absolute Gasteiger partial charge is 0.410 e. The zero-order valence-electron chi connectivity index (χ0n) is 14.2. The number of nitrogens with zero attached hydrogens (tertiary/aromatic N) is 1. The summed E-state index contributed by atoms with van der Waals surface area (Å²) < 4.78 is 16.2. The van der Waals surface area contributed by atoms with Crippen LogP contribution in [-0.4, -0.2) is 57.1 Å². The summed E-state index contributed by atoms with van der Waals surface area (Å²) in [5.74, 6) is 0. The first-order chi connectivity index (χ1) is 9.78. The summed E-state index contributed by atoms with van der Waals surface area (Å²) in [6, 6.07) is 0. The molecule has 0 bridgehead atoms. The Morgan fingerprint density at radius 1 is 1.19 bits per heavy atom. The van der Waals surface area contributed by atoms with Crippen LogP contribution in [0.15, 0.2) is 0 Å². The van der Waals surface area contributed by atoms with E-state index < -0.39 is 5.60 Å². The Morgan fingerprint density at radius 2 is 1.81 bits per heavy atom. The zero-order chi connectivity index (χ0) is 15.9. The van der Waals surface area contributed by atoms with E-state index in [4.69, 9.17) is 14.2 Å². The lowest BCUT2D eigenvalue weighted by atomic mass is 9.86. The summed E-state index contributed by atoms with van der Waals surface area (Å²) in [5.41, 5.74) is -0.386.